The van der Waals surface area contributed by atoms with Crippen LogP contribution in [0.4, 0.5) is 11.5 Å². The second kappa shape index (κ2) is 10.1. The van der Waals surface area contributed by atoms with Crippen molar-refractivity contribution in [3.05, 3.63) is 46.9 Å². The number of rotatable bonds is 7. The quantitative estimate of drug-likeness (QED) is 0.513. The van der Waals surface area contributed by atoms with Crippen LogP contribution in [0.25, 0.3) is 6.08 Å². The lowest BCUT2D eigenvalue weighted by molar-refractivity contribution is -0.122. The van der Waals surface area contributed by atoms with Crippen LogP contribution in [0.3, 0.4) is 0 Å². The van der Waals surface area contributed by atoms with Crippen molar-refractivity contribution in [1.82, 2.24) is 9.55 Å². The lowest BCUT2D eigenvalue weighted by Crippen LogP contribution is -2.41. The summed E-state index contributed by atoms with van der Waals surface area (Å²) in [5, 5.41) is 12.3. The van der Waals surface area contributed by atoms with Gasteiger partial charge in [-0.05, 0) is 62.9 Å². The van der Waals surface area contributed by atoms with Gasteiger partial charge >= 0.3 is 0 Å². The van der Waals surface area contributed by atoms with Gasteiger partial charge in [0.15, 0.2) is 0 Å². The van der Waals surface area contributed by atoms with Crippen molar-refractivity contribution in [2.75, 3.05) is 23.3 Å². The average Bonchev–Trinajstić information content (AvgIpc) is 3.05. The number of hydrogen-bond donors (Lipinski definition) is 2. The number of nitriles is 1. The third-order valence-electron chi connectivity index (χ3n) is 5.88. The Bertz CT molecular complexity index is 1060. The highest BCUT2D eigenvalue weighted by Gasteiger charge is 2.24. The first kappa shape index (κ1) is 23.1. The molecule has 8 heteroatoms. The number of primary amides is 1. The molecule has 168 valence electrons. The zero-order valence-corrected chi connectivity index (χ0v) is 18.9. The molecule has 0 spiro atoms. The Hall–Kier alpha value is -3.60. The van der Waals surface area contributed by atoms with E-state index in [9.17, 15) is 14.9 Å². The minimum absolute atomic E-state index is 0.0335. The highest BCUT2D eigenvalue weighted by atomic mass is 16.2. The molecule has 2 aromatic heterocycles. The summed E-state index contributed by atoms with van der Waals surface area (Å²) in [7, 11) is 0. The normalized spacial score (nSPS) is 16.5. The molecule has 0 bridgehead atoms. The van der Waals surface area contributed by atoms with Gasteiger partial charge in [-0.2, -0.15) is 5.26 Å². The monoisotopic (exact) mass is 434 g/mol. The van der Waals surface area contributed by atoms with Crippen LogP contribution in [0, 0.1) is 31.1 Å². The number of hydrogen-bond acceptors (Lipinski definition) is 5. The minimum Gasteiger partial charge on any atom is -0.369 e. The number of aromatic nitrogens is 2. The third-order valence-corrected chi connectivity index (χ3v) is 5.88. The van der Waals surface area contributed by atoms with Crippen LogP contribution in [-0.2, 0) is 16.1 Å². The lowest BCUT2D eigenvalue weighted by atomic mass is 9.97. The number of piperidine rings is 1. The predicted molar refractivity (Wildman–Crippen MR) is 125 cm³/mol. The maximum atomic E-state index is 12.7. The first-order chi connectivity index (χ1) is 15.3. The fourth-order valence-electron chi connectivity index (χ4n) is 4.11. The van der Waals surface area contributed by atoms with Crippen LogP contribution < -0.4 is 16.0 Å². The van der Waals surface area contributed by atoms with E-state index in [1.165, 1.54) is 0 Å². The molecule has 32 heavy (non-hydrogen) atoms. The second-order valence-corrected chi connectivity index (χ2v) is 8.19. The molecule has 0 saturated carbocycles. The molecular weight excluding hydrogens is 404 g/mol. The predicted octanol–water partition coefficient (Wildman–Crippen LogP) is 3.16. The summed E-state index contributed by atoms with van der Waals surface area (Å²) >= 11 is 0. The highest BCUT2D eigenvalue weighted by Crippen LogP contribution is 2.23. The number of anilines is 2. The summed E-state index contributed by atoms with van der Waals surface area (Å²) in [6, 6.07) is 7.54. The molecule has 2 amide bonds. The van der Waals surface area contributed by atoms with Crippen LogP contribution in [0.1, 0.15) is 43.1 Å². The molecule has 1 aliphatic heterocycles. The van der Waals surface area contributed by atoms with Gasteiger partial charge < -0.3 is 20.5 Å². The maximum Gasteiger partial charge on any atom is 0.266 e. The van der Waals surface area contributed by atoms with E-state index in [2.05, 4.69) is 21.8 Å². The molecular formula is C24H30N6O2. The van der Waals surface area contributed by atoms with Crippen LogP contribution in [0.2, 0.25) is 0 Å². The van der Waals surface area contributed by atoms with Gasteiger partial charge in [-0.15, -0.1) is 0 Å². The van der Waals surface area contributed by atoms with E-state index in [0.29, 0.717) is 12.2 Å². The summed E-state index contributed by atoms with van der Waals surface area (Å²) in [5.74, 6) is -0.208. The zero-order chi connectivity index (χ0) is 23.3. The number of carbonyl (C=O) groups excluding carboxylic acids is 2. The van der Waals surface area contributed by atoms with E-state index in [-0.39, 0.29) is 17.4 Å². The molecule has 1 saturated heterocycles. The van der Waals surface area contributed by atoms with Gasteiger partial charge in [-0.1, -0.05) is 6.92 Å². The molecule has 0 radical (unpaired) electrons. The molecule has 8 nitrogen and oxygen atoms in total. The van der Waals surface area contributed by atoms with Gasteiger partial charge in [0.1, 0.15) is 17.5 Å². The molecule has 1 fully saturated rings. The van der Waals surface area contributed by atoms with Gasteiger partial charge in [0, 0.05) is 31.0 Å². The Morgan fingerprint density at radius 3 is 2.78 bits per heavy atom. The van der Waals surface area contributed by atoms with Gasteiger partial charge in [0.25, 0.3) is 5.91 Å². The van der Waals surface area contributed by atoms with Crippen molar-refractivity contribution in [3.8, 4) is 6.07 Å². The molecule has 0 aromatic carbocycles. The van der Waals surface area contributed by atoms with Crippen LogP contribution in [0.15, 0.2) is 30.0 Å². The number of carbonyl (C=O) groups is 2. The summed E-state index contributed by atoms with van der Waals surface area (Å²) < 4.78 is 2.19. The SMILES string of the molecule is CCCn1c(C)cc(/C=C(\C#N)C(=O)Nc2ccc(N3CCCC(C(N)=O)C3)nc2)c1C. The molecule has 1 aliphatic rings. The molecule has 3 heterocycles. The Balaban J connectivity index is 1.71. The summed E-state index contributed by atoms with van der Waals surface area (Å²) in [6.07, 6.45) is 5.87. The van der Waals surface area contributed by atoms with Gasteiger partial charge in [-0.3, -0.25) is 9.59 Å². The number of nitrogens with one attached hydrogen (secondary N) is 1. The second-order valence-electron chi connectivity index (χ2n) is 8.19. The van der Waals surface area contributed by atoms with Gasteiger partial charge in [0.2, 0.25) is 5.91 Å². The molecule has 3 N–H and O–H groups in total. The smallest absolute Gasteiger partial charge is 0.266 e. The lowest BCUT2D eigenvalue weighted by Gasteiger charge is -2.32. The number of nitrogens with zero attached hydrogens (tertiary/aromatic N) is 4. The van der Waals surface area contributed by atoms with E-state index >= 15 is 0 Å². The van der Waals surface area contributed by atoms with Crippen LogP contribution in [0.5, 0.6) is 0 Å². The van der Waals surface area contributed by atoms with Crippen molar-refractivity contribution in [1.29, 1.82) is 5.26 Å². The zero-order valence-electron chi connectivity index (χ0n) is 18.9. The van der Waals surface area contributed by atoms with E-state index in [1.807, 2.05) is 30.9 Å². The summed E-state index contributed by atoms with van der Waals surface area (Å²) in [4.78, 5) is 30.6. The number of pyridine rings is 1. The number of aryl methyl sites for hydroxylation is 1. The van der Waals surface area contributed by atoms with E-state index in [4.69, 9.17) is 5.73 Å². The van der Waals surface area contributed by atoms with Crippen molar-refractivity contribution >= 4 is 29.4 Å². The molecule has 1 atom stereocenters. The van der Waals surface area contributed by atoms with E-state index in [0.717, 1.165) is 55.1 Å². The summed E-state index contributed by atoms with van der Waals surface area (Å²) in [6.45, 7) is 8.38. The molecule has 3 rings (SSSR count). The average molecular weight is 435 g/mol. The Morgan fingerprint density at radius 2 is 2.16 bits per heavy atom. The third kappa shape index (κ3) is 5.17. The molecule has 2 aromatic rings. The topological polar surface area (TPSA) is 117 Å². The fraction of sp³-hybridized carbons (Fsp3) is 0.417. The fourth-order valence-corrected chi connectivity index (χ4v) is 4.11. The largest absolute Gasteiger partial charge is 0.369 e. The van der Waals surface area contributed by atoms with Crippen molar-refractivity contribution < 1.29 is 9.59 Å². The Labute approximate surface area is 188 Å². The number of amides is 2. The first-order valence-electron chi connectivity index (χ1n) is 10.9. The minimum atomic E-state index is -0.478. The Morgan fingerprint density at radius 1 is 1.38 bits per heavy atom. The van der Waals surface area contributed by atoms with Crippen LogP contribution >= 0.6 is 0 Å². The highest BCUT2D eigenvalue weighted by molar-refractivity contribution is 6.09. The number of nitrogens with two attached hydrogens (primary N) is 1. The van der Waals surface area contributed by atoms with E-state index in [1.54, 1.807) is 24.4 Å². The van der Waals surface area contributed by atoms with Crippen molar-refractivity contribution in [3.63, 3.8) is 0 Å². The molecule has 0 aliphatic carbocycles. The maximum absolute atomic E-state index is 12.7. The summed E-state index contributed by atoms with van der Waals surface area (Å²) in [5.41, 5.74) is 8.99. The van der Waals surface area contributed by atoms with Gasteiger partial charge in [0.05, 0.1) is 17.8 Å². The van der Waals surface area contributed by atoms with Crippen molar-refractivity contribution in [2.45, 2.75) is 46.6 Å². The van der Waals surface area contributed by atoms with Gasteiger partial charge in [-0.25, -0.2) is 4.98 Å². The Kier molecular flexibility index (Phi) is 7.31. The standard InChI is InChI=1S/C24H30N6O2/c1-4-9-30-16(2)11-19(17(30)3)12-20(13-25)24(32)28-21-7-8-22(27-14-21)29-10-5-6-18(15-29)23(26)31/h7-8,11-12,14,18H,4-6,9-10,15H2,1-3H3,(H2,26,31)(H,28,32)/b20-12+. The van der Waals surface area contributed by atoms with E-state index < -0.39 is 5.91 Å². The first-order valence-corrected chi connectivity index (χ1v) is 10.9. The molecule has 1 unspecified atom stereocenters. The van der Waals surface area contributed by atoms with Crippen LogP contribution in [-0.4, -0.2) is 34.5 Å². The van der Waals surface area contributed by atoms with Crippen molar-refractivity contribution in [2.24, 2.45) is 11.7 Å².